The van der Waals surface area contributed by atoms with Crippen LogP contribution in [-0.2, 0) is 11.2 Å². The highest BCUT2D eigenvalue weighted by Crippen LogP contribution is 2.30. The van der Waals surface area contributed by atoms with E-state index in [1.54, 1.807) is 38.1 Å². The third kappa shape index (κ3) is 3.44. The molecule has 0 atom stereocenters. The van der Waals surface area contributed by atoms with Gasteiger partial charge in [-0.15, -0.1) is 0 Å². The molecule has 1 aromatic heterocycles. The van der Waals surface area contributed by atoms with E-state index in [2.05, 4.69) is 21.2 Å². The van der Waals surface area contributed by atoms with Gasteiger partial charge in [-0.25, -0.2) is 4.79 Å². The second-order valence-corrected chi connectivity index (χ2v) is 6.71. The lowest BCUT2D eigenvalue weighted by Crippen LogP contribution is -2.20. The van der Waals surface area contributed by atoms with Gasteiger partial charge < -0.3 is 14.8 Å². The molecule has 128 valence electrons. The van der Waals surface area contributed by atoms with Crippen molar-refractivity contribution in [3.8, 4) is 5.75 Å². The van der Waals surface area contributed by atoms with Crippen molar-refractivity contribution >= 4 is 38.5 Å². The molecule has 3 rings (SSSR count). The molecular weight excluding hydrogens is 386 g/mol. The summed E-state index contributed by atoms with van der Waals surface area (Å²) >= 11 is 3.36. The van der Waals surface area contributed by atoms with Crippen LogP contribution in [0.3, 0.4) is 0 Å². The number of rotatable bonds is 3. The Morgan fingerprint density at radius 1 is 1.24 bits per heavy atom. The van der Waals surface area contributed by atoms with Crippen molar-refractivity contribution in [3.05, 3.63) is 68.0 Å². The highest BCUT2D eigenvalue weighted by Gasteiger charge is 2.17. The number of aryl methyl sites for hydroxylation is 2. The molecule has 3 aromatic rings. The first-order chi connectivity index (χ1) is 11.9. The van der Waals surface area contributed by atoms with Gasteiger partial charge in [0.2, 0.25) is 5.91 Å². The number of hydrogen-bond donors (Lipinski definition) is 2. The van der Waals surface area contributed by atoms with Crippen molar-refractivity contribution in [2.45, 2.75) is 20.3 Å². The number of carbonyl (C=O) groups is 1. The molecule has 1 amide bonds. The highest BCUT2D eigenvalue weighted by molar-refractivity contribution is 9.10. The summed E-state index contributed by atoms with van der Waals surface area (Å²) in [6, 6.07) is 10.5. The van der Waals surface area contributed by atoms with E-state index >= 15 is 0 Å². The van der Waals surface area contributed by atoms with Crippen molar-refractivity contribution in [3.63, 3.8) is 0 Å². The number of phenols is 1. The Bertz CT molecular complexity index is 1040. The van der Waals surface area contributed by atoms with Gasteiger partial charge >= 0.3 is 5.63 Å². The van der Waals surface area contributed by atoms with Crippen molar-refractivity contribution in [2.24, 2.45) is 0 Å². The number of halogens is 1. The average molecular weight is 402 g/mol. The van der Waals surface area contributed by atoms with E-state index in [1.807, 2.05) is 12.1 Å². The minimum absolute atomic E-state index is 0.0312. The summed E-state index contributed by atoms with van der Waals surface area (Å²) < 4.78 is 6.05. The maximum Gasteiger partial charge on any atom is 0.340 e. The first-order valence-electron chi connectivity index (χ1n) is 7.67. The SMILES string of the molecule is Cc1cc(O)c2c(C)c(CC(=O)Nc3ccccc3Br)c(=O)oc2c1. The summed E-state index contributed by atoms with van der Waals surface area (Å²) in [6.45, 7) is 3.50. The lowest BCUT2D eigenvalue weighted by molar-refractivity contribution is -0.115. The molecule has 0 saturated carbocycles. The fourth-order valence-electron chi connectivity index (χ4n) is 2.78. The maximum atomic E-state index is 12.3. The zero-order valence-electron chi connectivity index (χ0n) is 13.7. The van der Waals surface area contributed by atoms with Gasteiger partial charge in [-0.2, -0.15) is 0 Å². The molecule has 0 bridgehead atoms. The molecule has 0 spiro atoms. The number of hydrogen-bond acceptors (Lipinski definition) is 4. The van der Waals surface area contributed by atoms with Crippen molar-refractivity contribution in [1.82, 2.24) is 0 Å². The van der Waals surface area contributed by atoms with E-state index in [4.69, 9.17) is 4.42 Å². The van der Waals surface area contributed by atoms with Crippen LogP contribution in [0.4, 0.5) is 5.69 Å². The van der Waals surface area contributed by atoms with Crippen LogP contribution in [0.1, 0.15) is 16.7 Å². The second kappa shape index (κ2) is 6.72. The number of amides is 1. The van der Waals surface area contributed by atoms with E-state index < -0.39 is 5.63 Å². The van der Waals surface area contributed by atoms with E-state index in [-0.39, 0.29) is 23.6 Å². The summed E-state index contributed by atoms with van der Waals surface area (Å²) in [4.78, 5) is 24.6. The van der Waals surface area contributed by atoms with Gasteiger partial charge in [0, 0.05) is 4.47 Å². The maximum absolute atomic E-state index is 12.3. The van der Waals surface area contributed by atoms with E-state index in [1.165, 1.54) is 0 Å². The third-order valence-corrected chi connectivity index (χ3v) is 4.68. The second-order valence-electron chi connectivity index (χ2n) is 5.86. The molecule has 2 aromatic carbocycles. The van der Waals surface area contributed by atoms with Crippen LogP contribution in [0, 0.1) is 13.8 Å². The molecule has 0 aliphatic rings. The number of fused-ring (bicyclic) bond motifs is 1. The minimum Gasteiger partial charge on any atom is -0.507 e. The van der Waals surface area contributed by atoms with Gasteiger partial charge in [0.1, 0.15) is 11.3 Å². The van der Waals surface area contributed by atoms with Crippen molar-refractivity contribution < 1.29 is 14.3 Å². The minimum atomic E-state index is -0.572. The Morgan fingerprint density at radius 2 is 1.96 bits per heavy atom. The smallest absolute Gasteiger partial charge is 0.340 e. The van der Waals surface area contributed by atoms with Gasteiger partial charge in [-0.05, 0) is 65.2 Å². The number of phenolic OH excluding ortho intramolecular Hbond substituents is 1. The Morgan fingerprint density at radius 3 is 2.68 bits per heavy atom. The third-order valence-electron chi connectivity index (χ3n) is 3.99. The van der Waals surface area contributed by atoms with Crippen LogP contribution >= 0.6 is 15.9 Å². The van der Waals surface area contributed by atoms with E-state index in [0.717, 1.165) is 10.0 Å². The molecule has 1 heterocycles. The molecule has 0 aliphatic heterocycles. The van der Waals surface area contributed by atoms with Crippen molar-refractivity contribution in [2.75, 3.05) is 5.32 Å². The fraction of sp³-hybridized carbons (Fsp3) is 0.158. The molecule has 25 heavy (non-hydrogen) atoms. The summed E-state index contributed by atoms with van der Waals surface area (Å²) in [6.07, 6.45) is -0.140. The number of para-hydroxylation sites is 1. The summed E-state index contributed by atoms with van der Waals surface area (Å²) in [7, 11) is 0. The van der Waals surface area contributed by atoms with Crippen LogP contribution in [0.25, 0.3) is 11.0 Å². The van der Waals surface area contributed by atoms with Crippen LogP contribution in [0.2, 0.25) is 0 Å². The molecular formula is C19H16BrNO4. The average Bonchev–Trinajstić information content (AvgIpc) is 2.52. The van der Waals surface area contributed by atoms with E-state index in [9.17, 15) is 14.7 Å². The lowest BCUT2D eigenvalue weighted by Gasteiger charge is -2.11. The Kier molecular flexibility index (Phi) is 4.63. The zero-order chi connectivity index (χ0) is 18.1. The zero-order valence-corrected chi connectivity index (χ0v) is 15.3. The fourth-order valence-corrected chi connectivity index (χ4v) is 3.16. The molecule has 2 N–H and O–H groups in total. The van der Waals surface area contributed by atoms with E-state index in [0.29, 0.717) is 22.2 Å². The van der Waals surface area contributed by atoms with Crippen molar-refractivity contribution in [1.29, 1.82) is 0 Å². The van der Waals surface area contributed by atoms with Gasteiger partial charge in [0.25, 0.3) is 0 Å². The van der Waals surface area contributed by atoms with Crippen LogP contribution in [-0.4, -0.2) is 11.0 Å². The topological polar surface area (TPSA) is 79.5 Å². The Balaban J connectivity index is 1.98. The number of aromatic hydroxyl groups is 1. The molecule has 5 nitrogen and oxygen atoms in total. The predicted octanol–water partition coefficient (Wildman–Crippen LogP) is 4.06. The standard InChI is InChI=1S/C19H16BrNO4/c1-10-7-15(22)18-11(2)12(19(24)25-16(18)8-10)9-17(23)21-14-6-4-3-5-13(14)20/h3-8,22H,9H2,1-2H3,(H,21,23). The van der Waals surface area contributed by atoms with Gasteiger partial charge in [-0.1, -0.05) is 12.1 Å². The molecule has 0 radical (unpaired) electrons. The van der Waals surface area contributed by atoms with Gasteiger partial charge in [0.05, 0.1) is 23.1 Å². The van der Waals surface area contributed by atoms with Crippen LogP contribution in [0.15, 0.2) is 50.1 Å². The summed E-state index contributed by atoms with van der Waals surface area (Å²) in [5.41, 5.74) is 1.93. The highest BCUT2D eigenvalue weighted by atomic mass is 79.9. The van der Waals surface area contributed by atoms with Gasteiger partial charge in [0.15, 0.2) is 0 Å². The normalized spacial score (nSPS) is 10.8. The summed E-state index contributed by atoms with van der Waals surface area (Å²) in [5.74, 6) is -0.308. The first kappa shape index (κ1) is 17.2. The predicted molar refractivity (Wildman–Crippen MR) is 100 cm³/mol. The quantitative estimate of drug-likeness (QED) is 0.648. The number of anilines is 1. The Labute approximate surface area is 152 Å². The largest absolute Gasteiger partial charge is 0.507 e. The number of benzene rings is 2. The first-order valence-corrected chi connectivity index (χ1v) is 8.46. The number of carbonyl (C=O) groups excluding carboxylic acids is 1. The molecule has 6 heteroatoms. The monoisotopic (exact) mass is 401 g/mol. The Hall–Kier alpha value is -2.60. The molecule has 0 aliphatic carbocycles. The van der Waals surface area contributed by atoms with Gasteiger partial charge in [-0.3, -0.25) is 4.79 Å². The lowest BCUT2D eigenvalue weighted by atomic mass is 10.0. The molecule has 0 saturated heterocycles. The molecule has 0 fully saturated rings. The van der Waals surface area contributed by atoms with Crippen LogP contribution < -0.4 is 10.9 Å². The number of nitrogens with one attached hydrogen (secondary N) is 1. The van der Waals surface area contributed by atoms with Crippen LogP contribution in [0.5, 0.6) is 5.75 Å². The summed E-state index contributed by atoms with van der Waals surface area (Å²) in [5, 5.41) is 13.4. The molecule has 0 unspecified atom stereocenters.